The first-order valence-electron chi connectivity index (χ1n) is 7.19. The Morgan fingerprint density at radius 3 is 3.05 bits per heavy atom. The number of furan rings is 1. The van der Waals surface area contributed by atoms with Crippen molar-refractivity contribution in [2.45, 2.75) is 51.5 Å². The van der Waals surface area contributed by atoms with E-state index in [4.69, 9.17) is 10.2 Å². The molecule has 1 aromatic rings. The Hall–Kier alpha value is -1.29. The van der Waals surface area contributed by atoms with E-state index in [1.54, 1.807) is 12.3 Å². The van der Waals surface area contributed by atoms with Crippen LogP contribution in [0.2, 0.25) is 0 Å². The van der Waals surface area contributed by atoms with Crippen molar-refractivity contribution in [1.82, 2.24) is 5.32 Å². The van der Waals surface area contributed by atoms with Gasteiger partial charge in [0, 0.05) is 13.0 Å². The summed E-state index contributed by atoms with van der Waals surface area (Å²) in [5.41, 5.74) is 6.34. The van der Waals surface area contributed by atoms with Crippen LogP contribution in [-0.4, -0.2) is 18.0 Å². The van der Waals surface area contributed by atoms with E-state index in [1.165, 1.54) is 6.42 Å². The van der Waals surface area contributed by atoms with E-state index in [2.05, 4.69) is 12.2 Å². The molecule has 1 heterocycles. The number of aryl methyl sites for hydroxylation is 1. The van der Waals surface area contributed by atoms with Crippen molar-refractivity contribution in [2.75, 3.05) is 6.54 Å². The van der Waals surface area contributed by atoms with Crippen LogP contribution in [0.15, 0.2) is 16.7 Å². The summed E-state index contributed by atoms with van der Waals surface area (Å²) in [6.45, 7) is 4.71. The minimum atomic E-state index is -0.239. The minimum absolute atomic E-state index is 0.0508. The third kappa shape index (κ3) is 3.00. The first-order valence-corrected chi connectivity index (χ1v) is 7.19. The molecule has 3 N–H and O–H groups in total. The van der Waals surface area contributed by atoms with Crippen molar-refractivity contribution in [1.29, 1.82) is 0 Å². The second-order valence-corrected chi connectivity index (χ2v) is 5.75. The molecular formula is C15H24N2O2. The Balaban J connectivity index is 2.12. The van der Waals surface area contributed by atoms with Gasteiger partial charge in [0.15, 0.2) is 0 Å². The molecule has 0 aromatic carbocycles. The molecule has 0 radical (unpaired) electrons. The molecule has 0 saturated heterocycles. The van der Waals surface area contributed by atoms with Gasteiger partial charge in [-0.05, 0) is 24.8 Å². The summed E-state index contributed by atoms with van der Waals surface area (Å²) in [6.07, 6.45) is 6.59. The molecule has 1 amide bonds. The molecule has 2 atom stereocenters. The largest absolute Gasteiger partial charge is 0.469 e. The predicted octanol–water partition coefficient (Wildman–Crippen LogP) is 2.48. The Labute approximate surface area is 114 Å². The fourth-order valence-corrected chi connectivity index (χ4v) is 3.13. The van der Waals surface area contributed by atoms with Gasteiger partial charge in [0.25, 0.3) is 5.91 Å². The highest BCUT2D eigenvalue weighted by Gasteiger charge is 2.35. The standard InChI is InChI=1S/C15H24N2O2/c1-3-13-12(6-8-19-13)14(18)17-15(10-16)7-4-5-11(2)9-15/h6,8,11H,3-5,7,9-10,16H2,1-2H3,(H,17,18). The fraction of sp³-hybridized carbons (Fsp3) is 0.667. The number of hydrogen-bond donors (Lipinski definition) is 2. The molecule has 106 valence electrons. The van der Waals surface area contributed by atoms with Gasteiger partial charge in [-0.15, -0.1) is 0 Å². The van der Waals surface area contributed by atoms with Crippen molar-refractivity contribution in [2.24, 2.45) is 11.7 Å². The van der Waals surface area contributed by atoms with Crippen molar-refractivity contribution in [3.05, 3.63) is 23.7 Å². The summed E-state index contributed by atoms with van der Waals surface area (Å²) in [6, 6.07) is 1.74. The molecule has 1 saturated carbocycles. The van der Waals surface area contributed by atoms with Gasteiger partial charge in [-0.25, -0.2) is 0 Å². The van der Waals surface area contributed by atoms with E-state index in [-0.39, 0.29) is 11.4 Å². The summed E-state index contributed by atoms with van der Waals surface area (Å²) in [5, 5.41) is 3.17. The molecule has 2 unspecified atom stereocenters. The summed E-state index contributed by atoms with van der Waals surface area (Å²) in [7, 11) is 0. The van der Waals surface area contributed by atoms with Crippen LogP contribution in [0.1, 0.15) is 55.6 Å². The number of nitrogens with one attached hydrogen (secondary N) is 1. The van der Waals surface area contributed by atoms with Crippen LogP contribution in [0.25, 0.3) is 0 Å². The predicted molar refractivity (Wildman–Crippen MR) is 75.0 cm³/mol. The highest BCUT2D eigenvalue weighted by atomic mass is 16.3. The molecule has 1 aliphatic rings. The third-order valence-electron chi connectivity index (χ3n) is 4.17. The van der Waals surface area contributed by atoms with Crippen LogP contribution >= 0.6 is 0 Å². The zero-order chi connectivity index (χ0) is 13.9. The van der Waals surface area contributed by atoms with Gasteiger partial charge < -0.3 is 15.5 Å². The lowest BCUT2D eigenvalue weighted by atomic mass is 9.76. The van der Waals surface area contributed by atoms with Gasteiger partial charge in [0.1, 0.15) is 5.76 Å². The average molecular weight is 264 g/mol. The van der Waals surface area contributed by atoms with Crippen molar-refractivity contribution < 1.29 is 9.21 Å². The molecular weight excluding hydrogens is 240 g/mol. The van der Waals surface area contributed by atoms with Crippen molar-refractivity contribution in [3.8, 4) is 0 Å². The van der Waals surface area contributed by atoms with E-state index < -0.39 is 0 Å². The maximum Gasteiger partial charge on any atom is 0.255 e. The maximum absolute atomic E-state index is 12.4. The topological polar surface area (TPSA) is 68.3 Å². The van der Waals surface area contributed by atoms with Gasteiger partial charge in [0.05, 0.1) is 17.4 Å². The fourth-order valence-electron chi connectivity index (χ4n) is 3.13. The molecule has 1 fully saturated rings. The molecule has 0 spiro atoms. The van der Waals surface area contributed by atoms with E-state index in [9.17, 15) is 4.79 Å². The zero-order valence-corrected chi connectivity index (χ0v) is 11.9. The van der Waals surface area contributed by atoms with E-state index in [0.29, 0.717) is 18.0 Å². The molecule has 4 nitrogen and oxygen atoms in total. The zero-order valence-electron chi connectivity index (χ0n) is 11.9. The average Bonchev–Trinajstić information content (AvgIpc) is 2.87. The Bertz CT molecular complexity index is 441. The van der Waals surface area contributed by atoms with Crippen LogP contribution in [0.4, 0.5) is 0 Å². The van der Waals surface area contributed by atoms with E-state index in [0.717, 1.165) is 31.4 Å². The van der Waals surface area contributed by atoms with Crippen LogP contribution in [0, 0.1) is 5.92 Å². The van der Waals surface area contributed by atoms with Gasteiger partial charge >= 0.3 is 0 Å². The lowest BCUT2D eigenvalue weighted by Gasteiger charge is -2.40. The molecule has 19 heavy (non-hydrogen) atoms. The smallest absolute Gasteiger partial charge is 0.255 e. The van der Waals surface area contributed by atoms with E-state index in [1.807, 2.05) is 6.92 Å². The quantitative estimate of drug-likeness (QED) is 0.877. The van der Waals surface area contributed by atoms with Crippen LogP contribution in [0.3, 0.4) is 0 Å². The highest BCUT2D eigenvalue weighted by molar-refractivity contribution is 5.95. The van der Waals surface area contributed by atoms with E-state index >= 15 is 0 Å². The molecule has 1 aromatic heterocycles. The monoisotopic (exact) mass is 264 g/mol. The first-order chi connectivity index (χ1) is 9.10. The maximum atomic E-state index is 12.4. The molecule has 1 aliphatic carbocycles. The van der Waals surface area contributed by atoms with Gasteiger partial charge in [-0.2, -0.15) is 0 Å². The summed E-state index contributed by atoms with van der Waals surface area (Å²) in [4.78, 5) is 12.4. The first kappa shape index (κ1) is 14.1. The van der Waals surface area contributed by atoms with Gasteiger partial charge in [-0.1, -0.05) is 26.7 Å². The van der Waals surface area contributed by atoms with Crippen LogP contribution < -0.4 is 11.1 Å². The lowest BCUT2D eigenvalue weighted by molar-refractivity contribution is 0.0852. The van der Waals surface area contributed by atoms with Crippen molar-refractivity contribution in [3.63, 3.8) is 0 Å². The Morgan fingerprint density at radius 1 is 1.63 bits per heavy atom. The minimum Gasteiger partial charge on any atom is -0.469 e. The second kappa shape index (κ2) is 5.78. The Morgan fingerprint density at radius 2 is 2.42 bits per heavy atom. The normalized spacial score (nSPS) is 27.2. The summed E-state index contributed by atoms with van der Waals surface area (Å²) < 4.78 is 5.32. The third-order valence-corrected chi connectivity index (χ3v) is 4.17. The number of carbonyl (C=O) groups is 1. The summed E-state index contributed by atoms with van der Waals surface area (Å²) in [5.74, 6) is 1.31. The molecule has 0 bridgehead atoms. The number of rotatable bonds is 4. The highest BCUT2D eigenvalue weighted by Crippen LogP contribution is 2.32. The SMILES string of the molecule is CCc1occc1C(=O)NC1(CN)CCCC(C)C1. The number of nitrogens with two attached hydrogens (primary N) is 1. The van der Waals surface area contributed by atoms with Crippen LogP contribution in [-0.2, 0) is 6.42 Å². The summed E-state index contributed by atoms with van der Waals surface area (Å²) >= 11 is 0. The molecule has 2 rings (SSSR count). The second-order valence-electron chi connectivity index (χ2n) is 5.75. The Kier molecular flexibility index (Phi) is 4.30. The molecule has 0 aliphatic heterocycles. The van der Waals surface area contributed by atoms with Gasteiger partial charge in [0.2, 0.25) is 0 Å². The number of amides is 1. The molecule has 4 heteroatoms. The van der Waals surface area contributed by atoms with Gasteiger partial charge in [-0.3, -0.25) is 4.79 Å². The lowest BCUT2D eigenvalue weighted by Crippen LogP contribution is -2.56. The number of carbonyl (C=O) groups excluding carboxylic acids is 1. The van der Waals surface area contributed by atoms with Crippen LogP contribution in [0.5, 0.6) is 0 Å². The van der Waals surface area contributed by atoms with Crippen molar-refractivity contribution >= 4 is 5.91 Å². The number of hydrogen-bond acceptors (Lipinski definition) is 3.